The third-order valence-corrected chi connectivity index (χ3v) is 2.39. The molecule has 1 atom stereocenters. The molecule has 0 spiro atoms. The summed E-state index contributed by atoms with van der Waals surface area (Å²) in [5.41, 5.74) is -0.829. The lowest BCUT2D eigenvalue weighted by Crippen LogP contribution is -2.48. The molecule has 1 unspecified atom stereocenters. The van der Waals surface area contributed by atoms with Crippen molar-refractivity contribution in [1.82, 2.24) is 5.32 Å². The van der Waals surface area contributed by atoms with Crippen LogP contribution in [0, 0.1) is 0 Å². The highest BCUT2D eigenvalue weighted by Gasteiger charge is 2.29. The molecule has 0 aliphatic rings. The van der Waals surface area contributed by atoms with Crippen LogP contribution >= 0.6 is 0 Å². The fraction of sp³-hybridized carbons (Fsp3) is 0.750. The Labute approximate surface area is 107 Å². The maximum absolute atomic E-state index is 11.6. The minimum atomic E-state index is -0.984. The van der Waals surface area contributed by atoms with Crippen LogP contribution in [0.15, 0.2) is 0 Å². The van der Waals surface area contributed by atoms with Crippen LogP contribution in [0.3, 0.4) is 0 Å². The molecule has 6 heteroatoms. The van der Waals surface area contributed by atoms with Gasteiger partial charge < -0.3 is 15.2 Å². The number of hydrogen-bond acceptors (Lipinski definition) is 4. The number of rotatable bonds is 8. The molecule has 18 heavy (non-hydrogen) atoms. The van der Waals surface area contributed by atoms with E-state index in [2.05, 4.69) is 10.1 Å². The summed E-state index contributed by atoms with van der Waals surface area (Å²) in [4.78, 5) is 33.5. The van der Waals surface area contributed by atoms with Crippen molar-refractivity contribution < 1.29 is 24.2 Å². The average Bonchev–Trinajstić information content (AvgIpc) is 2.14. The summed E-state index contributed by atoms with van der Waals surface area (Å²) < 4.78 is 4.65. The topological polar surface area (TPSA) is 92.7 Å². The van der Waals surface area contributed by atoms with Gasteiger partial charge in [0.05, 0.1) is 13.0 Å². The number of carbonyl (C=O) groups excluding carboxylic acids is 2. The summed E-state index contributed by atoms with van der Waals surface area (Å²) in [7, 11) is 0. The molecular weight excluding hydrogens is 238 g/mol. The molecule has 6 nitrogen and oxygen atoms in total. The number of aliphatic carboxylic acids is 1. The molecule has 1 amide bonds. The largest absolute Gasteiger partial charge is 0.481 e. The van der Waals surface area contributed by atoms with Gasteiger partial charge in [0.1, 0.15) is 6.42 Å². The van der Waals surface area contributed by atoms with E-state index in [1.54, 1.807) is 13.8 Å². The van der Waals surface area contributed by atoms with Crippen molar-refractivity contribution in [2.24, 2.45) is 0 Å². The number of carboxylic acids is 1. The third kappa shape index (κ3) is 6.88. The van der Waals surface area contributed by atoms with Crippen LogP contribution in [0.5, 0.6) is 0 Å². The van der Waals surface area contributed by atoms with Gasteiger partial charge in [0.25, 0.3) is 0 Å². The molecule has 0 saturated carbocycles. The summed E-state index contributed by atoms with van der Waals surface area (Å²) in [6.45, 7) is 5.43. The summed E-state index contributed by atoms with van der Waals surface area (Å²) in [6.07, 6.45) is 0.722. The highest BCUT2D eigenvalue weighted by Crippen LogP contribution is 2.17. The molecule has 0 bridgehead atoms. The van der Waals surface area contributed by atoms with Crippen LogP contribution in [0.2, 0.25) is 0 Å². The van der Waals surface area contributed by atoms with Crippen molar-refractivity contribution in [3.63, 3.8) is 0 Å². The zero-order valence-corrected chi connectivity index (χ0v) is 11.1. The van der Waals surface area contributed by atoms with E-state index < -0.39 is 23.4 Å². The first-order valence-electron chi connectivity index (χ1n) is 6.01. The van der Waals surface area contributed by atoms with Crippen LogP contribution in [-0.4, -0.2) is 35.1 Å². The van der Waals surface area contributed by atoms with Crippen LogP contribution in [0.1, 0.15) is 46.5 Å². The zero-order valence-electron chi connectivity index (χ0n) is 11.1. The van der Waals surface area contributed by atoms with E-state index in [1.807, 2.05) is 6.92 Å². The Morgan fingerprint density at radius 2 is 1.89 bits per heavy atom. The van der Waals surface area contributed by atoms with Gasteiger partial charge in [-0.1, -0.05) is 13.3 Å². The molecule has 2 N–H and O–H groups in total. The number of esters is 1. The Kier molecular flexibility index (Phi) is 7.00. The lowest BCUT2D eigenvalue weighted by Gasteiger charge is -2.28. The van der Waals surface area contributed by atoms with Crippen molar-refractivity contribution in [3.05, 3.63) is 0 Å². The molecule has 0 rings (SSSR count). The van der Waals surface area contributed by atoms with E-state index in [1.165, 1.54) is 0 Å². The molecule has 0 aromatic carbocycles. The number of hydrogen-bond donors (Lipinski definition) is 2. The van der Waals surface area contributed by atoms with Gasteiger partial charge in [-0.15, -0.1) is 0 Å². The first-order chi connectivity index (χ1) is 8.33. The van der Waals surface area contributed by atoms with Gasteiger partial charge in [0.15, 0.2) is 0 Å². The maximum Gasteiger partial charge on any atom is 0.315 e. The number of carbonyl (C=O) groups is 3. The van der Waals surface area contributed by atoms with E-state index in [-0.39, 0.29) is 19.4 Å². The van der Waals surface area contributed by atoms with E-state index in [9.17, 15) is 14.4 Å². The van der Waals surface area contributed by atoms with Gasteiger partial charge in [-0.25, -0.2) is 0 Å². The molecule has 0 aromatic heterocycles. The molecule has 0 aliphatic heterocycles. The summed E-state index contributed by atoms with van der Waals surface area (Å²) >= 11 is 0. The summed E-state index contributed by atoms with van der Waals surface area (Å²) in [5, 5.41) is 11.4. The second-order valence-electron chi connectivity index (χ2n) is 4.41. The minimum absolute atomic E-state index is 0.171. The van der Waals surface area contributed by atoms with E-state index >= 15 is 0 Å². The Balaban J connectivity index is 4.44. The Morgan fingerprint density at radius 3 is 2.33 bits per heavy atom. The van der Waals surface area contributed by atoms with E-state index in [0.29, 0.717) is 6.42 Å². The van der Waals surface area contributed by atoms with Gasteiger partial charge in [0, 0.05) is 5.54 Å². The first-order valence-corrected chi connectivity index (χ1v) is 6.01. The molecule has 0 fully saturated rings. The Bertz CT molecular complexity index is 316. The van der Waals surface area contributed by atoms with Crippen LogP contribution < -0.4 is 5.32 Å². The van der Waals surface area contributed by atoms with Gasteiger partial charge >= 0.3 is 11.9 Å². The minimum Gasteiger partial charge on any atom is -0.481 e. The van der Waals surface area contributed by atoms with E-state index in [4.69, 9.17) is 5.11 Å². The molecular formula is C12H21NO5. The standard InChI is InChI=1S/C12H21NO5/c1-4-6-12(3,8-10(15)16)13-9(14)7-11(17)18-5-2/h4-8H2,1-3H3,(H,13,14)(H,15,16). The highest BCUT2D eigenvalue weighted by atomic mass is 16.5. The fourth-order valence-corrected chi connectivity index (χ4v) is 1.80. The van der Waals surface area contributed by atoms with Gasteiger partial charge in [-0.3, -0.25) is 14.4 Å². The summed E-state index contributed by atoms with van der Waals surface area (Å²) in [6, 6.07) is 0. The number of carboxylic acid groups (broad SMARTS) is 1. The second-order valence-corrected chi connectivity index (χ2v) is 4.41. The predicted octanol–water partition coefficient (Wildman–Crippen LogP) is 1.09. The lowest BCUT2D eigenvalue weighted by atomic mass is 9.92. The molecule has 0 heterocycles. The smallest absolute Gasteiger partial charge is 0.315 e. The molecule has 0 saturated heterocycles. The van der Waals surface area contributed by atoms with Crippen molar-refractivity contribution in [2.75, 3.05) is 6.61 Å². The van der Waals surface area contributed by atoms with Crippen molar-refractivity contribution in [2.45, 2.75) is 52.0 Å². The van der Waals surface area contributed by atoms with Crippen molar-refractivity contribution >= 4 is 17.8 Å². The van der Waals surface area contributed by atoms with Crippen molar-refractivity contribution in [3.8, 4) is 0 Å². The SMILES string of the molecule is CCCC(C)(CC(=O)O)NC(=O)CC(=O)OCC. The lowest BCUT2D eigenvalue weighted by molar-refractivity contribution is -0.146. The van der Waals surface area contributed by atoms with Gasteiger partial charge in [0.2, 0.25) is 5.91 Å². The van der Waals surface area contributed by atoms with Crippen molar-refractivity contribution in [1.29, 1.82) is 0 Å². The van der Waals surface area contributed by atoms with Crippen LogP contribution in [-0.2, 0) is 19.1 Å². The zero-order chi connectivity index (χ0) is 14.2. The predicted molar refractivity (Wildman–Crippen MR) is 65.0 cm³/mol. The quantitative estimate of drug-likeness (QED) is 0.503. The molecule has 0 aromatic rings. The fourth-order valence-electron chi connectivity index (χ4n) is 1.80. The van der Waals surface area contributed by atoms with E-state index in [0.717, 1.165) is 6.42 Å². The highest BCUT2D eigenvalue weighted by molar-refractivity contribution is 5.94. The second kappa shape index (κ2) is 7.68. The average molecular weight is 259 g/mol. The number of ether oxygens (including phenoxy) is 1. The van der Waals surface area contributed by atoms with Gasteiger partial charge in [-0.05, 0) is 20.3 Å². The van der Waals surface area contributed by atoms with Gasteiger partial charge in [-0.2, -0.15) is 0 Å². The Morgan fingerprint density at radius 1 is 1.28 bits per heavy atom. The first kappa shape index (κ1) is 16.4. The number of amides is 1. The molecule has 104 valence electrons. The molecule has 0 aliphatic carbocycles. The number of nitrogens with one attached hydrogen (secondary N) is 1. The summed E-state index contributed by atoms with van der Waals surface area (Å²) in [5.74, 6) is -2.10. The monoisotopic (exact) mass is 259 g/mol. The van der Waals surface area contributed by atoms with Crippen LogP contribution in [0.25, 0.3) is 0 Å². The Hall–Kier alpha value is -1.59. The normalized spacial score (nSPS) is 13.5. The van der Waals surface area contributed by atoms with Crippen LogP contribution in [0.4, 0.5) is 0 Å². The molecule has 0 radical (unpaired) electrons. The third-order valence-electron chi connectivity index (χ3n) is 2.39. The maximum atomic E-state index is 11.6.